The van der Waals surface area contributed by atoms with E-state index < -0.39 is 19.5 Å². The Kier molecular flexibility index (Phi) is 10.8. The van der Waals surface area contributed by atoms with E-state index in [1.807, 2.05) is 56.3 Å². The fourth-order valence-electron chi connectivity index (χ4n) is 2.95. The molecule has 0 aliphatic carbocycles. The van der Waals surface area contributed by atoms with Crippen LogP contribution in [0.25, 0.3) is 0 Å². The Balaban J connectivity index is 2.47. The SMILES string of the molecule is CCOP(=O)(OCC)C(c1ccc(Sc2ccccc2)cc1)P(=S)(OCC)OCC. The van der Waals surface area contributed by atoms with Gasteiger partial charge < -0.3 is 18.1 Å². The Morgan fingerprint density at radius 3 is 1.70 bits per heavy atom. The fourth-order valence-corrected chi connectivity index (χ4v) is 11.2. The van der Waals surface area contributed by atoms with E-state index in [1.165, 1.54) is 0 Å². The van der Waals surface area contributed by atoms with E-state index >= 15 is 0 Å². The number of rotatable bonds is 13. The molecule has 30 heavy (non-hydrogen) atoms. The van der Waals surface area contributed by atoms with Gasteiger partial charge in [0.1, 0.15) is 0 Å². The minimum atomic E-state index is -3.63. The summed E-state index contributed by atoms with van der Waals surface area (Å²) in [6.07, 6.45) is 0. The normalized spacial score (nSPS) is 13.3. The number of benzene rings is 2. The molecule has 0 N–H and O–H groups in total. The summed E-state index contributed by atoms with van der Waals surface area (Å²) in [5.74, 6) is 0. The maximum atomic E-state index is 13.8. The maximum Gasteiger partial charge on any atom is 0.347 e. The van der Waals surface area contributed by atoms with Crippen molar-refractivity contribution >= 4 is 37.7 Å². The van der Waals surface area contributed by atoms with Crippen molar-refractivity contribution in [1.82, 2.24) is 0 Å². The maximum absolute atomic E-state index is 13.8. The summed E-state index contributed by atoms with van der Waals surface area (Å²) in [5, 5.41) is -0.796. The van der Waals surface area contributed by atoms with Crippen LogP contribution in [0.1, 0.15) is 38.7 Å². The van der Waals surface area contributed by atoms with E-state index in [9.17, 15) is 4.57 Å². The third-order valence-corrected chi connectivity index (χ3v) is 12.8. The van der Waals surface area contributed by atoms with Crippen LogP contribution in [0.3, 0.4) is 0 Å². The second kappa shape index (κ2) is 12.5. The van der Waals surface area contributed by atoms with Crippen LogP contribution in [0.2, 0.25) is 0 Å². The average molecular weight is 489 g/mol. The molecule has 9 heteroatoms. The van der Waals surface area contributed by atoms with Crippen LogP contribution in [-0.2, 0) is 34.5 Å². The third-order valence-electron chi connectivity index (χ3n) is 3.99. The lowest BCUT2D eigenvalue weighted by molar-refractivity contribution is 0.210. The van der Waals surface area contributed by atoms with Crippen LogP contribution < -0.4 is 0 Å². The van der Waals surface area contributed by atoms with Gasteiger partial charge in [0.05, 0.1) is 26.4 Å². The monoisotopic (exact) mass is 488 g/mol. The van der Waals surface area contributed by atoms with Crippen molar-refractivity contribution in [3.63, 3.8) is 0 Å². The lowest BCUT2D eigenvalue weighted by Gasteiger charge is -2.34. The zero-order valence-corrected chi connectivity index (χ0v) is 21.3. The van der Waals surface area contributed by atoms with Crippen molar-refractivity contribution in [2.45, 2.75) is 42.9 Å². The molecule has 0 fully saturated rings. The van der Waals surface area contributed by atoms with Gasteiger partial charge in [0.15, 0.2) is 5.40 Å². The first-order valence-corrected chi connectivity index (χ1v) is 15.2. The third kappa shape index (κ3) is 6.75. The molecule has 0 aliphatic heterocycles. The Hall–Kier alpha value is -0.490. The molecule has 0 bridgehead atoms. The quantitative estimate of drug-likeness (QED) is 0.271. The molecule has 0 aliphatic rings. The first-order valence-electron chi connectivity index (χ1n) is 10.0. The lowest BCUT2D eigenvalue weighted by atomic mass is 10.2. The van der Waals surface area contributed by atoms with Gasteiger partial charge in [0, 0.05) is 9.79 Å². The summed E-state index contributed by atoms with van der Waals surface area (Å²) in [7, 11) is -3.63. The predicted octanol–water partition coefficient (Wildman–Crippen LogP) is 7.49. The van der Waals surface area contributed by atoms with Crippen LogP contribution in [0.4, 0.5) is 0 Å². The molecule has 1 atom stereocenters. The van der Waals surface area contributed by atoms with Gasteiger partial charge in [-0.05, 0) is 69.3 Å². The van der Waals surface area contributed by atoms with E-state index in [0.717, 1.165) is 15.4 Å². The van der Waals surface area contributed by atoms with Gasteiger partial charge >= 0.3 is 7.60 Å². The molecule has 0 amide bonds. The molecule has 0 heterocycles. The molecule has 0 saturated carbocycles. The molecule has 1 unspecified atom stereocenters. The first-order chi connectivity index (χ1) is 14.4. The van der Waals surface area contributed by atoms with Crippen molar-refractivity contribution in [2.24, 2.45) is 0 Å². The number of hydrogen-bond donors (Lipinski definition) is 0. The van der Waals surface area contributed by atoms with Crippen molar-refractivity contribution in [3.8, 4) is 0 Å². The highest BCUT2D eigenvalue weighted by Gasteiger charge is 2.48. The zero-order chi connectivity index (χ0) is 22.0. The van der Waals surface area contributed by atoms with Crippen LogP contribution >= 0.6 is 25.8 Å². The summed E-state index contributed by atoms with van der Waals surface area (Å²) in [6, 6.07) is 17.9. The predicted molar refractivity (Wildman–Crippen MR) is 128 cm³/mol. The molecule has 166 valence electrons. The van der Waals surface area contributed by atoms with E-state index in [-0.39, 0.29) is 13.2 Å². The molecular formula is C21H30O5P2S2. The summed E-state index contributed by atoms with van der Waals surface area (Å²) >= 11 is 7.50. The van der Waals surface area contributed by atoms with Gasteiger partial charge in [-0.15, -0.1) is 0 Å². The minimum Gasteiger partial charge on any atom is -0.329 e. The Morgan fingerprint density at radius 2 is 1.23 bits per heavy atom. The molecule has 5 nitrogen and oxygen atoms in total. The lowest BCUT2D eigenvalue weighted by Crippen LogP contribution is -2.11. The Bertz CT molecular complexity index is 811. The summed E-state index contributed by atoms with van der Waals surface area (Å²) in [4.78, 5) is 2.21. The second-order valence-electron chi connectivity index (χ2n) is 6.11. The topological polar surface area (TPSA) is 54.0 Å². The smallest absolute Gasteiger partial charge is 0.329 e. The van der Waals surface area contributed by atoms with Crippen LogP contribution in [-0.4, -0.2) is 26.4 Å². The van der Waals surface area contributed by atoms with Crippen LogP contribution in [0.15, 0.2) is 64.4 Å². The van der Waals surface area contributed by atoms with E-state index in [1.54, 1.807) is 25.6 Å². The highest BCUT2D eigenvalue weighted by Crippen LogP contribution is 2.78. The van der Waals surface area contributed by atoms with Gasteiger partial charge in [-0.2, -0.15) is 0 Å². The van der Waals surface area contributed by atoms with Gasteiger partial charge in [0.25, 0.3) is 0 Å². The second-order valence-corrected chi connectivity index (χ2v) is 13.4. The van der Waals surface area contributed by atoms with Gasteiger partial charge in [0.2, 0.25) is 6.49 Å². The molecule has 0 radical (unpaired) electrons. The molecule has 2 rings (SSSR count). The van der Waals surface area contributed by atoms with E-state index in [2.05, 4.69) is 12.1 Å². The molecule has 0 spiro atoms. The Labute approximate surface area is 189 Å². The molecule has 2 aromatic carbocycles. The molecule has 2 aromatic rings. The van der Waals surface area contributed by atoms with Gasteiger partial charge in [-0.1, -0.05) is 42.1 Å². The fraction of sp³-hybridized carbons (Fsp3) is 0.429. The summed E-state index contributed by atoms with van der Waals surface area (Å²) in [6.45, 7) is 5.46. The number of hydrogen-bond acceptors (Lipinski definition) is 7. The van der Waals surface area contributed by atoms with Crippen molar-refractivity contribution in [3.05, 3.63) is 60.2 Å². The highest BCUT2D eigenvalue weighted by atomic mass is 32.5. The zero-order valence-electron chi connectivity index (χ0n) is 17.9. The van der Waals surface area contributed by atoms with E-state index in [4.69, 9.17) is 29.9 Å². The van der Waals surface area contributed by atoms with Crippen LogP contribution in [0, 0.1) is 0 Å². The van der Waals surface area contributed by atoms with E-state index in [0.29, 0.717) is 13.2 Å². The van der Waals surface area contributed by atoms with Gasteiger partial charge in [-0.25, -0.2) is 0 Å². The average Bonchev–Trinajstić information content (AvgIpc) is 2.71. The Morgan fingerprint density at radius 1 is 0.767 bits per heavy atom. The standard InChI is InChI=1S/C21H30O5P2S2/c1-5-23-27(22,24-6-2)21(28(29,25-7-3)26-8-4)18-14-16-20(17-15-18)30-19-12-10-9-11-13-19/h9-17,21H,5-8H2,1-4H3. The molecule has 0 saturated heterocycles. The van der Waals surface area contributed by atoms with Crippen LogP contribution in [0.5, 0.6) is 0 Å². The first kappa shape index (κ1) is 25.8. The highest BCUT2D eigenvalue weighted by molar-refractivity contribution is 8.12. The summed E-state index contributed by atoms with van der Waals surface area (Å²) in [5.41, 5.74) is 0.739. The molecular weight excluding hydrogens is 458 g/mol. The van der Waals surface area contributed by atoms with Crippen molar-refractivity contribution < 1.29 is 22.7 Å². The van der Waals surface area contributed by atoms with Crippen molar-refractivity contribution in [2.75, 3.05) is 26.4 Å². The minimum absolute atomic E-state index is 0.239. The molecule has 0 aromatic heterocycles. The van der Waals surface area contributed by atoms with Crippen molar-refractivity contribution in [1.29, 1.82) is 0 Å². The van der Waals surface area contributed by atoms with Gasteiger partial charge in [-0.3, -0.25) is 4.57 Å². The summed E-state index contributed by atoms with van der Waals surface area (Å²) < 4.78 is 37.0. The largest absolute Gasteiger partial charge is 0.347 e.